The van der Waals surface area contributed by atoms with Gasteiger partial charge in [-0.15, -0.1) is 5.10 Å². The van der Waals surface area contributed by atoms with Crippen molar-refractivity contribution >= 4 is 49.1 Å². The molecule has 8 heteroatoms. The molecule has 0 bridgehead atoms. The van der Waals surface area contributed by atoms with E-state index in [1.807, 2.05) is 30.3 Å². The van der Waals surface area contributed by atoms with Crippen LogP contribution in [0, 0.1) is 0 Å². The largest absolute Gasteiger partial charge is 0.399 e. The van der Waals surface area contributed by atoms with E-state index in [9.17, 15) is 0 Å². The number of hydrogen-bond donors (Lipinski definition) is 1. The average Bonchev–Trinajstić information content (AvgIpc) is 2.90. The Bertz CT molecular complexity index is 798. The van der Waals surface area contributed by atoms with E-state index in [4.69, 9.17) is 17.3 Å². The summed E-state index contributed by atoms with van der Waals surface area (Å²) in [6, 6.07) is 11.0. The molecule has 3 aromatic rings. The topological polar surface area (TPSA) is 69.6 Å². The number of tetrazole rings is 1. The maximum absolute atomic E-state index is 6.01. The first kappa shape index (κ1) is 14.5. The summed E-state index contributed by atoms with van der Waals surface area (Å²) in [6.07, 6.45) is 0. The maximum atomic E-state index is 6.01. The van der Waals surface area contributed by atoms with Gasteiger partial charge in [0.1, 0.15) is 0 Å². The summed E-state index contributed by atoms with van der Waals surface area (Å²) in [4.78, 5) is 0. The van der Waals surface area contributed by atoms with Gasteiger partial charge in [0.05, 0.1) is 10.7 Å². The predicted octanol–water partition coefficient (Wildman–Crippen LogP) is 4.09. The Morgan fingerprint density at radius 3 is 2.62 bits per heavy atom. The lowest BCUT2D eigenvalue weighted by Gasteiger charge is -2.07. The van der Waals surface area contributed by atoms with Crippen molar-refractivity contribution in [3.63, 3.8) is 0 Å². The number of anilines is 1. The number of rotatable bonds is 2. The van der Waals surface area contributed by atoms with E-state index in [0.29, 0.717) is 16.5 Å². The van der Waals surface area contributed by atoms with Gasteiger partial charge in [-0.05, 0) is 62.8 Å². The molecule has 0 amide bonds. The molecule has 0 atom stereocenters. The van der Waals surface area contributed by atoms with E-state index < -0.39 is 0 Å². The summed E-state index contributed by atoms with van der Waals surface area (Å²) in [5.74, 6) is 0.595. The average molecular weight is 430 g/mol. The molecule has 0 aliphatic carbocycles. The second kappa shape index (κ2) is 5.75. The summed E-state index contributed by atoms with van der Waals surface area (Å²) < 4.78 is 3.27. The lowest BCUT2D eigenvalue weighted by atomic mass is 10.2. The predicted molar refractivity (Wildman–Crippen MR) is 89.4 cm³/mol. The van der Waals surface area contributed by atoms with Crippen LogP contribution in [0.15, 0.2) is 45.3 Å². The van der Waals surface area contributed by atoms with Crippen molar-refractivity contribution in [2.45, 2.75) is 0 Å². The highest BCUT2D eigenvalue weighted by molar-refractivity contribution is 9.10. The normalized spacial score (nSPS) is 10.8. The van der Waals surface area contributed by atoms with Crippen LogP contribution in [0.25, 0.3) is 17.1 Å². The second-order valence-corrected chi connectivity index (χ2v) is 6.46. The minimum atomic E-state index is 0.595. The SMILES string of the molecule is Nc1cc(Br)cc(-c2nnnn2-c2ccc(Cl)c(Br)c2)c1. The van der Waals surface area contributed by atoms with E-state index in [2.05, 4.69) is 47.4 Å². The van der Waals surface area contributed by atoms with Gasteiger partial charge < -0.3 is 5.73 Å². The molecule has 106 valence electrons. The van der Waals surface area contributed by atoms with Crippen LogP contribution in [0.2, 0.25) is 5.02 Å². The summed E-state index contributed by atoms with van der Waals surface area (Å²) in [6.45, 7) is 0. The van der Waals surface area contributed by atoms with Crippen LogP contribution in [0.1, 0.15) is 0 Å². The molecule has 0 radical (unpaired) electrons. The smallest absolute Gasteiger partial charge is 0.187 e. The number of benzene rings is 2. The van der Waals surface area contributed by atoms with Crippen LogP contribution in [0.4, 0.5) is 5.69 Å². The van der Waals surface area contributed by atoms with Crippen LogP contribution in [0.5, 0.6) is 0 Å². The van der Waals surface area contributed by atoms with Crippen LogP contribution in [0.3, 0.4) is 0 Å². The number of nitrogens with zero attached hydrogens (tertiary/aromatic N) is 4. The molecule has 0 aliphatic rings. The zero-order chi connectivity index (χ0) is 15.0. The molecule has 2 aromatic carbocycles. The standard InChI is InChI=1S/C13H8Br2ClN5/c14-8-3-7(4-9(17)5-8)13-18-19-20-21(13)10-1-2-12(16)11(15)6-10/h1-6H,17H2. The van der Waals surface area contributed by atoms with E-state index in [1.165, 1.54) is 0 Å². The molecular formula is C13H8Br2ClN5. The third-order valence-electron chi connectivity index (χ3n) is 2.80. The first-order valence-electron chi connectivity index (χ1n) is 5.85. The lowest BCUT2D eigenvalue weighted by Crippen LogP contribution is -2.00. The van der Waals surface area contributed by atoms with Gasteiger partial charge in [0.2, 0.25) is 0 Å². The van der Waals surface area contributed by atoms with Gasteiger partial charge >= 0.3 is 0 Å². The van der Waals surface area contributed by atoms with E-state index in [-0.39, 0.29) is 0 Å². The Hall–Kier alpha value is -1.44. The fourth-order valence-corrected chi connectivity index (χ4v) is 2.89. The van der Waals surface area contributed by atoms with Crippen molar-refractivity contribution < 1.29 is 0 Å². The van der Waals surface area contributed by atoms with Crippen molar-refractivity contribution in [2.75, 3.05) is 5.73 Å². The number of nitrogens with two attached hydrogens (primary N) is 1. The van der Waals surface area contributed by atoms with Crippen LogP contribution >= 0.6 is 43.5 Å². The highest BCUT2D eigenvalue weighted by Gasteiger charge is 2.13. The minimum absolute atomic E-state index is 0.595. The molecule has 0 spiro atoms. The minimum Gasteiger partial charge on any atom is -0.399 e. The molecule has 0 aliphatic heterocycles. The molecule has 0 unspecified atom stereocenters. The Morgan fingerprint density at radius 1 is 1.10 bits per heavy atom. The van der Waals surface area contributed by atoms with Gasteiger partial charge in [-0.1, -0.05) is 27.5 Å². The van der Waals surface area contributed by atoms with E-state index >= 15 is 0 Å². The molecule has 1 aromatic heterocycles. The number of aromatic nitrogens is 4. The van der Waals surface area contributed by atoms with E-state index in [0.717, 1.165) is 20.2 Å². The highest BCUT2D eigenvalue weighted by atomic mass is 79.9. The van der Waals surface area contributed by atoms with Crippen LogP contribution in [-0.2, 0) is 0 Å². The zero-order valence-corrected chi connectivity index (χ0v) is 14.4. The summed E-state index contributed by atoms with van der Waals surface area (Å²) in [5, 5.41) is 12.5. The van der Waals surface area contributed by atoms with Gasteiger partial charge in [0.25, 0.3) is 0 Å². The number of hydrogen-bond acceptors (Lipinski definition) is 4. The molecule has 2 N–H and O–H groups in total. The lowest BCUT2D eigenvalue weighted by molar-refractivity contribution is 0.791. The van der Waals surface area contributed by atoms with Crippen molar-refractivity contribution in [1.82, 2.24) is 20.2 Å². The van der Waals surface area contributed by atoms with Gasteiger partial charge in [-0.25, -0.2) is 0 Å². The van der Waals surface area contributed by atoms with Gasteiger partial charge in [-0.3, -0.25) is 0 Å². The maximum Gasteiger partial charge on any atom is 0.187 e. The van der Waals surface area contributed by atoms with Crippen LogP contribution < -0.4 is 5.73 Å². The second-order valence-electron chi connectivity index (χ2n) is 4.29. The fourth-order valence-electron chi connectivity index (χ4n) is 1.90. The molecule has 0 saturated heterocycles. The first-order valence-corrected chi connectivity index (χ1v) is 7.81. The Morgan fingerprint density at radius 2 is 1.90 bits per heavy atom. The number of halogens is 3. The van der Waals surface area contributed by atoms with Gasteiger partial charge in [0, 0.05) is 20.2 Å². The molecule has 21 heavy (non-hydrogen) atoms. The monoisotopic (exact) mass is 427 g/mol. The van der Waals surface area contributed by atoms with Gasteiger partial charge in [0.15, 0.2) is 5.82 Å². The van der Waals surface area contributed by atoms with Crippen molar-refractivity contribution in [3.8, 4) is 17.1 Å². The molecular weight excluding hydrogens is 421 g/mol. The van der Waals surface area contributed by atoms with Crippen molar-refractivity contribution in [1.29, 1.82) is 0 Å². The molecule has 5 nitrogen and oxygen atoms in total. The summed E-state index contributed by atoms with van der Waals surface area (Å²) >= 11 is 12.8. The summed E-state index contributed by atoms with van der Waals surface area (Å²) in [7, 11) is 0. The molecule has 1 heterocycles. The first-order chi connectivity index (χ1) is 10.0. The molecule has 0 fully saturated rings. The Kier molecular flexibility index (Phi) is 3.97. The third kappa shape index (κ3) is 2.95. The highest BCUT2D eigenvalue weighted by Crippen LogP contribution is 2.28. The van der Waals surface area contributed by atoms with E-state index in [1.54, 1.807) is 10.7 Å². The Labute approximate surface area is 142 Å². The van der Waals surface area contributed by atoms with Crippen LogP contribution in [-0.4, -0.2) is 20.2 Å². The van der Waals surface area contributed by atoms with Crippen molar-refractivity contribution in [3.05, 3.63) is 50.4 Å². The Balaban J connectivity index is 2.14. The fraction of sp³-hybridized carbons (Fsp3) is 0. The molecule has 3 rings (SSSR count). The summed E-state index contributed by atoms with van der Waals surface area (Å²) in [5.41, 5.74) is 8.11. The zero-order valence-electron chi connectivity index (χ0n) is 10.5. The number of nitrogen functional groups attached to an aromatic ring is 1. The van der Waals surface area contributed by atoms with Crippen molar-refractivity contribution in [2.24, 2.45) is 0 Å². The van der Waals surface area contributed by atoms with Gasteiger partial charge in [-0.2, -0.15) is 4.68 Å². The molecule has 0 saturated carbocycles. The quantitative estimate of drug-likeness (QED) is 0.623. The third-order valence-corrected chi connectivity index (χ3v) is 4.47.